The molecule has 0 atom stereocenters. The third-order valence-corrected chi connectivity index (χ3v) is 3.94. The quantitative estimate of drug-likeness (QED) is 0.442. The van der Waals surface area contributed by atoms with Crippen molar-refractivity contribution in [3.05, 3.63) is 0 Å². The van der Waals surface area contributed by atoms with Gasteiger partial charge in [0.05, 0.1) is 13.2 Å². The number of rotatable bonds is 6. The van der Waals surface area contributed by atoms with E-state index in [4.69, 9.17) is 20.0 Å². The molecule has 0 bridgehead atoms. The molecule has 0 saturated heterocycles. The largest absolute Gasteiger partial charge is 0.395 e. The molecule has 0 amide bonds. The maximum absolute atomic E-state index is 11.1. The van der Waals surface area contributed by atoms with E-state index in [-0.39, 0.29) is 26.3 Å². The summed E-state index contributed by atoms with van der Waals surface area (Å²) in [5.41, 5.74) is 0. The highest BCUT2D eigenvalue weighted by molar-refractivity contribution is 7.53. The van der Waals surface area contributed by atoms with Crippen molar-refractivity contribution in [3.8, 4) is 0 Å². The van der Waals surface area contributed by atoms with E-state index < -0.39 is 12.9 Å². The Morgan fingerprint density at radius 1 is 1.14 bits per heavy atom. The molecule has 0 aromatic rings. The Balaban J connectivity index is 4.70. The number of aliphatic hydroxyl groups is 2. The average molecular weight is 227 g/mol. The van der Waals surface area contributed by atoms with Gasteiger partial charge in [-0.2, -0.15) is 0 Å². The molecule has 0 saturated carbocycles. The second kappa shape index (κ2) is 5.21. The first-order valence-electron chi connectivity index (χ1n) is 4.29. The van der Waals surface area contributed by atoms with Crippen molar-refractivity contribution in [1.82, 2.24) is 4.90 Å². The maximum atomic E-state index is 11.1. The Hall–Kier alpha value is 0.0300. The van der Waals surface area contributed by atoms with Crippen molar-refractivity contribution >= 4 is 7.60 Å². The van der Waals surface area contributed by atoms with Crippen LogP contribution < -0.4 is 0 Å². The van der Waals surface area contributed by atoms with Crippen LogP contribution in [-0.4, -0.2) is 56.5 Å². The van der Waals surface area contributed by atoms with Crippen LogP contribution in [0.2, 0.25) is 0 Å². The first kappa shape index (κ1) is 14.0. The second-order valence-electron chi connectivity index (χ2n) is 3.47. The van der Waals surface area contributed by atoms with Gasteiger partial charge in [0.1, 0.15) is 5.28 Å². The smallest absolute Gasteiger partial charge is 0.345 e. The highest BCUT2D eigenvalue weighted by Gasteiger charge is 2.42. The molecule has 0 radical (unpaired) electrons. The van der Waals surface area contributed by atoms with Crippen molar-refractivity contribution in [3.63, 3.8) is 0 Å². The highest BCUT2D eigenvalue weighted by atomic mass is 31.2. The Labute approximate surface area is 83.3 Å². The predicted molar refractivity (Wildman–Crippen MR) is 51.9 cm³/mol. The zero-order valence-electron chi connectivity index (χ0n) is 8.42. The SMILES string of the molecule is CC(C)(N(CCO)CCO)P(=O)(O)O. The van der Waals surface area contributed by atoms with Crippen molar-refractivity contribution in [2.45, 2.75) is 19.1 Å². The summed E-state index contributed by atoms with van der Waals surface area (Å²) in [6, 6.07) is 0. The normalized spacial score (nSPS) is 13.6. The molecule has 0 spiro atoms. The zero-order chi connectivity index (χ0) is 11.4. The van der Waals surface area contributed by atoms with Gasteiger partial charge in [0.2, 0.25) is 0 Å². The minimum Gasteiger partial charge on any atom is -0.395 e. The highest BCUT2D eigenvalue weighted by Crippen LogP contribution is 2.51. The Bertz CT molecular complexity index is 208. The molecule has 0 fully saturated rings. The second-order valence-corrected chi connectivity index (χ2v) is 5.66. The van der Waals surface area contributed by atoms with E-state index in [1.807, 2.05) is 0 Å². The van der Waals surface area contributed by atoms with Gasteiger partial charge in [0, 0.05) is 13.1 Å². The Morgan fingerprint density at radius 2 is 1.50 bits per heavy atom. The van der Waals surface area contributed by atoms with Crippen LogP contribution in [0, 0.1) is 0 Å². The minimum absolute atomic E-state index is 0.124. The van der Waals surface area contributed by atoms with Crippen molar-refractivity contribution in [1.29, 1.82) is 0 Å². The molecule has 0 aliphatic carbocycles. The Morgan fingerprint density at radius 3 is 1.71 bits per heavy atom. The molecule has 4 N–H and O–H groups in total. The summed E-state index contributed by atoms with van der Waals surface area (Å²) in [4.78, 5) is 19.5. The van der Waals surface area contributed by atoms with Crippen LogP contribution >= 0.6 is 7.60 Å². The van der Waals surface area contributed by atoms with Crippen LogP contribution in [0.25, 0.3) is 0 Å². The van der Waals surface area contributed by atoms with Crippen molar-refractivity contribution < 1.29 is 24.6 Å². The fraction of sp³-hybridized carbons (Fsp3) is 1.00. The average Bonchev–Trinajstić information content (AvgIpc) is 2.02. The van der Waals surface area contributed by atoms with E-state index in [1.165, 1.54) is 18.7 Å². The van der Waals surface area contributed by atoms with E-state index in [1.54, 1.807) is 0 Å². The molecule has 0 aromatic carbocycles. The van der Waals surface area contributed by atoms with Gasteiger partial charge >= 0.3 is 7.60 Å². The number of hydrogen-bond donors (Lipinski definition) is 4. The zero-order valence-corrected chi connectivity index (χ0v) is 9.31. The summed E-state index contributed by atoms with van der Waals surface area (Å²) >= 11 is 0. The van der Waals surface area contributed by atoms with Gasteiger partial charge in [-0.15, -0.1) is 0 Å². The summed E-state index contributed by atoms with van der Waals surface area (Å²) < 4.78 is 11.1. The molecule has 0 aliphatic heterocycles. The van der Waals surface area contributed by atoms with Gasteiger partial charge in [-0.25, -0.2) is 0 Å². The third kappa shape index (κ3) is 3.31. The lowest BCUT2D eigenvalue weighted by atomic mass is 10.3. The van der Waals surface area contributed by atoms with Gasteiger partial charge in [0.25, 0.3) is 0 Å². The standard InChI is InChI=1S/C7H18NO5P/c1-7(2,14(11,12)13)8(3-5-9)4-6-10/h9-10H,3-6H2,1-2H3,(H2,11,12,13). The maximum Gasteiger partial charge on any atom is 0.345 e. The lowest BCUT2D eigenvalue weighted by molar-refractivity contribution is 0.0998. The molecule has 6 nitrogen and oxygen atoms in total. The topological polar surface area (TPSA) is 101 Å². The van der Waals surface area contributed by atoms with Crippen molar-refractivity contribution in [2.24, 2.45) is 0 Å². The Kier molecular flexibility index (Phi) is 5.22. The van der Waals surface area contributed by atoms with Gasteiger partial charge < -0.3 is 20.0 Å². The molecule has 0 aromatic heterocycles. The van der Waals surface area contributed by atoms with E-state index >= 15 is 0 Å². The number of aliphatic hydroxyl groups excluding tert-OH is 2. The fourth-order valence-corrected chi connectivity index (χ4v) is 1.65. The van der Waals surface area contributed by atoms with Crippen LogP contribution in [0.1, 0.15) is 13.8 Å². The molecule has 0 rings (SSSR count). The summed E-state index contributed by atoms with van der Waals surface area (Å²) in [6.07, 6.45) is 0. The van der Waals surface area contributed by atoms with Crippen LogP contribution in [-0.2, 0) is 4.57 Å². The first-order valence-corrected chi connectivity index (χ1v) is 5.91. The predicted octanol–water partition coefficient (Wildman–Crippen LogP) is -0.813. The van der Waals surface area contributed by atoms with Crippen molar-refractivity contribution in [2.75, 3.05) is 26.3 Å². The third-order valence-electron chi connectivity index (χ3n) is 2.23. The van der Waals surface area contributed by atoms with E-state index in [9.17, 15) is 4.57 Å². The molecule has 0 unspecified atom stereocenters. The monoisotopic (exact) mass is 227 g/mol. The molecule has 0 heterocycles. The summed E-state index contributed by atoms with van der Waals surface area (Å²) in [5.74, 6) is 0. The molecule has 0 aliphatic rings. The summed E-state index contributed by atoms with van der Waals surface area (Å²) in [5, 5.41) is 16.1. The minimum atomic E-state index is -4.28. The van der Waals surface area contributed by atoms with E-state index in [0.717, 1.165) is 0 Å². The molecule has 14 heavy (non-hydrogen) atoms. The fourth-order valence-electron chi connectivity index (χ4n) is 1.08. The van der Waals surface area contributed by atoms with Crippen LogP contribution in [0.4, 0.5) is 0 Å². The van der Waals surface area contributed by atoms with Crippen LogP contribution in [0.15, 0.2) is 0 Å². The molecular formula is C7H18NO5P. The van der Waals surface area contributed by atoms with Gasteiger partial charge in [0.15, 0.2) is 0 Å². The van der Waals surface area contributed by atoms with E-state index in [0.29, 0.717) is 0 Å². The van der Waals surface area contributed by atoms with Gasteiger partial charge in [-0.05, 0) is 13.8 Å². The lowest BCUT2D eigenvalue weighted by Gasteiger charge is -2.37. The summed E-state index contributed by atoms with van der Waals surface area (Å²) in [6.45, 7) is 2.61. The first-order chi connectivity index (χ1) is 6.27. The number of nitrogens with zero attached hydrogens (tertiary/aromatic N) is 1. The van der Waals surface area contributed by atoms with Gasteiger partial charge in [-0.3, -0.25) is 9.46 Å². The molecule has 7 heteroatoms. The molecule has 86 valence electrons. The number of hydrogen-bond acceptors (Lipinski definition) is 4. The van der Waals surface area contributed by atoms with Gasteiger partial charge in [-0.1, -0.05) is 0 Å². The lowest BCUT2D eigenvalue weighted by Crippen LogP contribution is -2.46. The van der Waals surface area contributed by atoms with Crippen LogP contribution in [0.5, 0.6) is 0 Å². The van der Waals surface area contributed by atoms with E-state index in [2.05, 4.69) is 0 Å². The summed E-state index contributed by atoms with van der Waals surface area (Å²) in [7, 11) is -4.28. The molecular weight excluding hydrogens is 209 g/mol. The van der Waals surface area contributed by atoms with Crippen LogP contribution in [0.3, 0.4) is 0 Å².